The van der Waals surface area contributed by atoms with Crippen LogP contribution in [0.25, 0.3) is 0 Å². The lowest BCUT2D eigenvalue weighted by molar-refractivity contribution is -0.137. The molecule has 3 aliphatic rings. The first kappa shape index (κ1) is 32.7. The number of benzene rings is 2. The second-order valence-electron chi connectivity index (χ2n) is 11.7. The van der Waals surface area contributed by atoms with E-state index in [0.717, 1.165) is 41.8 Å². The first-order valence-corrected chi connectivity index (χ1v) is 16.5. The molecule has 0 bridgehead atoms. The summed E-state index contributed by atoms with van der Waals surface area (Å²) in [7, 11) is 0. The lowest BCUT2D eigenvalue weighted by Crippen LogP contribution is -2.42. The number of morpholine rings is 1. The molecule has 0 N–H and O–H groups in total. The van der Waals surface area contributed by atoms with Gasteiger partial charge in [0.05, 0.1) is 36.3 Å². The van der Waals surface area contributed by atoms with Gasteiger partial charge in [-0.05, 0) is 83.9 Å². The van der Waals surface area contributed by atoms with Gasteiger partial charge in [-0.25, -0.2) is 0 Å². The van der Waals surface area contributed by atoms with Crippen LogP contribution in [0, 0.1) is 23.2 Å². The summed E-state index contributed by atoms with van der Waals surface area (Å²) in [6, 6.07) is 13.7. The van der Waals surface area contributed by atoms with Crippen LogP contribution in [0.2, 0.25) is 0 Å². The standard InChI is InChI=1S/C35H40BrN3O6/c1-4-7-23-15-29-34(30(40)16-23)33(27(19-37)22(3)38-29)25-17-28(36)35(31(18-25)43-5-2)45-20-24-8-6-9-26(14-24)44-21-32(41)39-10-12-42-13-11-39/h6,8-9,14,17-18,23,27,33H,4-5,7,10-13,15-16,20-21H2,1-3H3. The zero-order valence-electron chi connectivity index (χ0n) is 26.1. The lowest BCUT2D eigenvalue weighted by atomic mass is 9.70. The third-order valence-electron chi connectivity index (χ3n) is 8.51. The number of allylic oxidation sites excluding steroid dienone is 2. The molecule has 10 heteroatoms. The summed E-state index contributed by atoms with van der Waals surface area (Å²) in [6.45, 7) is 8.75. The molecule has 5 rings (SSSR count). The molecular weight excluding hydrogens is 638 g/mol. The van der Waals surface area contributed by atoms with E-state index in [1.807, 2.05) is 50.2 Å². The molecule has 2 aromatic rings. The van der Waals surface area contributed by atoms with Crippen LogP contribution in [0.4, 0.5) is 0 Å². The Morgan fingerprint density at radius 1 is 1.13 bits per heavy atom. The van der Waals surface area contributed by atoms with Gasteiger partial charge in [0.1, 0.15) is 12.4 Å². The minimum atomic E-state index is -0.554. The molecular formula is C35H40BrN3O6. The highest BCUT2D eigenvalue weighted by molar-refractivity contribution is 9.10. The average Bonchev–Trinajstić information content (AvgIpc) is 3.03. The molecule has 0 saturated carbocycles. The lowest BCUT2D eigenvalue weighted by Gasteiger charge is -2.35. The average molecular weight is 679 g/mol. The van der Waals surface area contributed by atoms with Crippen molar-refractivity contribution in [1.82, 2.24) is 4.90 Å². The van der Waals surface area contributed by atoms with Crippen LogP contribution in [0.1, 0.15) is 63.5 Å². The number of aliphatic imine (C=N–C) groups is 1. The van der Waals surface area contributed by atoms with Crippen LogP contribution >= 0.6 is 15.9 Å². The number of rotatable bonds is 11. The van der Waals surface area contributed by atoms with Crippen LogP contribution in [0.3, 0.4) is 0 Å². The molecule has 9 nitrogen and oxygen atoms in total. The van der Waals surface area contributed by atoms with Gasteiger partial charge in [-0.3, -0.25) is 14.6 Å². The van der Waals surface area contributed by atoms with E-state index >= 15 is 0 Å². The maximum atomic E-state index is 13.5. The number of amides is 1. The van der Waals surface area contributed by atoms with Crippen LogP contribution in [-0.2, 0) is 20.9 Å². The molecule has 3 unspecified atom stereocenters. The monoisotopic (exact) mass is 677 g/mol. The number of hydrogen-bond acceptors (Lipinski definition) is 8. The number of carbonyl (C=O) groups is 2. The molecule has 2 aromatic carbocycles. The number of hydrogen-bond donors (Lipinski definition) is 0. The summed E-state index contributed by atoms with van der Waals surface area (Å²) >= 11 is 3.70. The first-order valence-electron chi connectivity index (χ1n) is 15.7. The van der Waals surface area contributed by atoms with Crippen LogP contribution in [0.15, 0.2) is 57.1 Å². The van der Waals surface area contributed by atoms with Gasteiger partial charge in [0.15, 0.2) is 23.9 Å². The number of nitriles is 1. The Kier molecular flexibility index (Phi) is 11.0. The second kappa shape index (κ2) is 15.1. The molecule has 1 aliphatic carbocycles. The van der Waals surface area contributed by atoms with Crippen molar-refractivity contribution in [2.24, 2.45) is 16.8 Å². The molecule has 2 aliphatic heterocycles. The van der Waals surface area contributed by atoms with E-state index in [1.165, 1.54) is 0 Å². The fourth-order valence-electron chi connectivity index (χ4n) is 6.38. The Bertz CT molecular complexity index is 1520. The minimum Gasteiger partial charge on any atom is -0.490 e. The molecule has 1 saturated heterocycles. The maximum Gasteiger partial charge on any atom is 0.260 e. The first-order chi connectivity index (χ1) is 21.8. The Labute approximate surface area is 273 Å². The van der Waals surface area contributed by atoms with Crippen molar-refractivity contribution in [3.63, 3.8) is 0 Å². The third-order valence-corrected chi connectivity index (χ3v) is 9.10. The number of carbonyl (C=O) groups excluding carboxylic acids is 2. The van der Waals surface area contributed by atoms with E-state index in [2.05, 4.69) is 28.9 Å². The molecule has 3 atom stereocenters. The van der Waals surface area contributed by atoms with Crippen molar-refractivity contribution in [2.75, 3.05) is 39.5 Å². The van der Waals surface area contributed by atoms with E-state index < -0.39 is 11.8 Å². The highest BCUT2D eigenvalue weighted by Crippen LogP contribution is 2.48. The van der Waals surface area contributed by atoms with E-state index in [4.69, 9.17) is 23.9 Å². The van der Waals surface area contributed by atoms with Gasteiger partial charge in [-0.15, -0.1) is 0 Å². The molecule has 2 heterocycles. The van der Waals surface area contributed by atoms with E-state index in [1.54, 1.807) is 4.90 Å². The highest BCUT2D eigenvalue weighted by Gasteiger charge is 2.41. The van der Waals surface area contributed by atoms with Gasteiger partial charge in [0, 0.05) is 42.4 Å². The van der Waals surface area contributed by atoms with Crippen molar-refractivity contribution < 1.29 is 28.5 Å². The van der Waals surface area contributed by atoms with E-state index in [9.17, 15) is 14.9 Å². The largest absolute Gasteiger partial charge is 0.490 e. The summed E-state index contributed by atoms with van der Waals surface area (Å²) in [6.07, 6.45) is 3.25. The maximum absolute atomic E-state index is 13.5. The van der Waals surface area contributed by atoms with Crippen molar-refractivity contribution in [1.29, 1.82) is 5.26 Å². The quantitative estimate of drug-likeness (QED) is 0.271. The molecule has 238 valence electrons. The zero-order valence-corrected chi connectivity index (χ0v) is 27.7. The Balaban J connectivity index is 1.35. The van der Waals surface area contributed by atoms with E-state index in [-0.39, 0.29) is 30.8 Å². The Hall–Kier alpha value is -3.68. The number of ketones is 1. The van der Waals surface area contributed by atoms with E-state index in [0.29, 0.717) is 66.6 Å². The van der Waals surface area contributed by atoms with Crippen molar-refractivity contribution in [2.45, 2.75) is 59.0 Å². The number of halogens is 1. The molecule has 0 radical (unpaired) electrons. The van der Waals surface area contributed by atoms with Gasteiger partial charge in [-0.2, -0.15) is 5.26 Å². The number of nitrogens with zero attached hydrogens (tertiary/aromatic N) is 3. The summed E-state index contributed by atoms with van der Waals surface area (Å²) < 4.78 is 24.1. The number of Topliss-reactive ketones (excluding diaryl/α,β-unsaturated/α-hetero) is 1. The van der Waals surface area contributed by atoms with Gasteiger partial charge >= 0.3 is 0 Å². The number of ether oxygens (including phenoxy) is 4. The second-order valence-corrected chi connectivity index (χ2v) is 12.5. The normalized spacial score (nSPS) is 21.5. The van der Waals surface area contributed by atoms with Gasteiger partial charge < -0.3 is 23.8 Å². The third kappa shape index (κ3) is 7.59. The molecule has 1 fully saturated rings. The molecule has 45 heavy (non-hydrogen) atoms. The SMILES string of the molecule is CCCC1CC(=O)C2=C(C1)N=C(C)C(C#N)C2c1cc(Br)c(OCc2cccc(OCC(=O)N3CCOCC3)c2)c(OCC)c1. The van der Waals surface area contributed by atoms with Gasteiger partial charge in [-0.1, -0.05) is 25.5 Å². The fourth-order valence-corrected chi connectivity index (χ4v) is 6.95. The Morgan fingerprint density at radius 2 is 1.93 bits per heavy atom. The Morgan fingerprint density at radius 3 is 2.67 bits per heavy atom. The predicted octanol–water partition coefficient (Wildman–Crippen LogP) is 6.40. The van der Waals surface area contributed by atoms with Gasteiger partial charge in [0.2, 0.25) is 0 Å². The summed E-state index contributed by atoms with van der Waals surface area (Å²) in [5.74, 6) is 0.941. The summed E-state index contributed by atoms with van der Waals surface area (Å²) in [4.78, 5) is 32.6. The fraction of sp³-hybridized carbons (Fsp3) is 0.486. The van der Waals surface area contributed by atoms with Crippen LogP contribution < -0.4 is 14.2 Å². The van der Waals surface area contributed by atoms with Crippen molar-refractivity contribution >= 4 is 33.3 Å². The van der Waals surface area contributed by atoms with Crippen molar-refractivity contribution in [3.05, 3.63) is 63.3 Å². The van der Waals surface area contributed by atoms with Gasteiger partial charge in [0.25, 0.3) is 5.91 Å². The smallest absolute Gasteiger partial charge is 0.260 e. The topological polar surface area (TPSA) is 110 Å². The minimum absolute atomic E-state index is 0.0409. The van der Waals surface area contributed by atoms with Crippen molar-refractivity contribution in [3.8, 4) is 23.3 Å². The summed E-state index contributed by atoms with van der Waals surface area (Å²) in [5, 5.41) is 10.2. The van der Waals surface area contributed by atoms with Crippen LogP contribution in [0.5, 0.6) is 17.2 Å². The molecule has 1 amide bonds. The molecule has 0 spiro atoms. The van der Waals surface area contributed by atoms with Crippen LogP contribution in [-0.4, -0.2) is 61.8 Å². The summed E-state index contributed by atoms with van der Waals surface area (Å²) in [5.41, 5.74) is 3.88. The highest BCUT2D eigenvalue weighted by atomic mass is 79.9. The zero-order chi connectivity index (χ0) is 31.9. The molecule has 0 aromatic heterocycles. The predicted molar refractivity (Wildman–Crippen MR) is 174 cm³/mol.